The van der Waals surface area contributed by atoms with Crippen molar-refractivity contribution in [1.29, 1.82) is 0 Å². The number of benzene rings is 2. The van der Waals surface area contributed by atoms with E-state index in [1.54, 1.807) is 6.08 Å². The smallest absolute Gasteiger partial charge is 0.363 e. The Hall–Kier alpha value is -2.88. The van der Waals surface area contributed by atoms with Gasteiger partial charge in [-0.05, 0) is 49.2 Å². The van der Waals surface area contributed by atoms with Crippen molar-refractivity contribution in [2.45, 2.75) is 20.3 Å². The Labute approximate surface area is 141 Å². The molecule has 0 radical (unpaired) electrons. The number of esters is 1. The molecule has 0 spiro atoms. The Kier molecular flexibility index (Phi) is 4.75. The molecule has 0 unspecified atom stereocenters. The molecular formula is C20H19NO3. The summed E-state index contributed by atoms with van der Waals surface area (Å²) in [5, 5.41) is 0. The van der Waals surface area contributed by atoms with Gasteiger partial charge in [-0.2, -0.15) is 0 Å². The zero-order valence-electron chi connectivity index (χ0n) is 13.8. The van der Waals surface area contributed by atoms with Crippen LogP contribution in [0.3, 0.4) is 0 Å². The molecule has 1 heterocycles. The van der Waals surface area contributed by atoms with E-state index in [0.717, 1.165) is 28.9 Å². The maximum atomic E-state index is 12.0. The highest BCUT2D eigenvalue weighted by molar-refractivity contribution is 6.12. The predicted octanol–water partition coefficient (Wildman–Crippen LogP) is 4.13. The minimum Gasteiger partial charge on any atom is -0.494 e. The van der Waals surface area contributed by atoms with Crippen LogP contribution in [0, 0.1) is 6.92 Å². The summed E-state index contributed by atoms with van der Waals surface area (Å²) in [4.78, 5) is 16.3. The van der Waals surface area contributed by atoms with Gasteiger partial charge in [0.1, 0.15) is 5.75 Å². The van der Waals surface area contributed by atoms with Gasteiger partial charge in [-0.3, -0.25) is 0 Å². The highest BCUT2D eigenvalue weighted by atomic mass is 16.6. The molecule has 24 heavy (non-hydrogen) atoms. The van der Waals surface area contributed by atoms with Gasteiger partial charge in [0, 0.05) is 5.56 Å². The van der Waals surface area contributed by atoms with E-state index in [9.17, 15) is 4.79 Å². The third kappa shape index (κ3) is 3.71. The minimum absolute atomic E-state index is 0.300. The Morgan fingerprint density at radius 2 is 1.96 bits per heavy atom. The molecule has 0 fully saturated rings. The molecule has 4 nitrogen and oxygen atoms in total. The summed E-state index contributed by atoms with van der Waals surface area (Å²) in [6.07, 6.45) is 2.68. The fourth-order valence-corrected chi connectivity index (χ4v) is 2.35. The van der Waals surface area contributed by atoms with Crippen LogP contribution in [0.1, 0.15) is 30.0 Å². The molecule has 3 rings (SSSR count). The van der Waals surface area contributed by atoms with E-state index in [4.69, 9.17) is 9.47 Å². The number of hydrogen-bond acceptors (Lipinski definition) is 4. The maximum Gasteiger partial charge on any atom is 0.363 e. The summed E-state index contributed by atoms with van der Waals surface area (Å²) < 4.78 is 10.8. The highest BCUT2D eigenvalue weighted by Gasteiger charge is 2.24. The molecule has 0 N–H and O–H groups in total. The van der Waals surface area contributed by atoms with E-state index in [1.807, 2.05) is 55.5 Å². The Morgan fingerprint density at radius 3 is 2.67 bits per heavy atom. The molecule has 1 aliphatic rings. The van der Waals surface area contributed by atoms with Crippen molar-refractivity contribution in [2.24, 2.45) is 4.99 Å². The fourth-order valence-electron chi connectivity index (χ4n) is 2.35. The first-order valence-electron chi connectivity index (χ1n) is 7.98. The molecule has 0 aromatic heterocycles. The first-order chi connectivity index (χ1) is 11.7. The Morgan fingerprint density at radius 1 is 1.17 bits per heavy atom. The first kappa shape index (κ1) is 16.0. The minimum atomic E-state index is -0.433. The predicted molar refractivity (Wildman–Crippen MR) is 94.0 cm³/mol. The molecule has 0 saturated carbocycles. The summed E-state index contributed by atoms with van der Waals surface area (Å²) in [7, 11) is 0. The zero-order chi connectivity index (χ0) is 16.9. The molecule has 0 amide bonds. The van der Waals surface area contributed by atoms with Gasteiger partial charge in [-0.1, -0.05) is 36.8 Å². The number of carbonyl (C=O) groups is 1. The quantitative estimate of drug-likeness (QED) is 0.614. The van der Waals surface area contributed by atoms with E-state index in [1.165, 1.54) is 0 Å². The number of rotatable bonds is 5. The lowest BCUT2D eigenvalue weighted by molar-refractivity contribution is -0.129. The van der Waals surface area contributed by atoms with Gasteiger partial charge < -0.3 is 9.47 Å². The van der Waals surface area contributed by atoms with Crippen molar-refractivity contribution in [3.63, 3.8) is 0 Å². The largest absolute Gasteiger partial charge is 0.494 e. The molecule has 0 aliphatic carbocycles. The van der Waals surface area contributed by atoms with Crippen LogP contribution < -0.4 is 4.74 Å². The summed E-state index contributed by atoms with van der Waals surface area (Å²) in [5.74, 6) is 0.729. The van der Waals surface area contributed by atoms with Crippen LogP contribution >= 0.6 is 0 Å². The van der Waals surface area contributed by atoms with Crippen molar-refractivity contribution < 1.29 is 14.3 Å². The second-order valence-electron chi connectivity index (χ2n) is 5.62. The third-order valence-electron chi connectivity index (χ3n) is 3.54. The van der Waals surface area contributed by atoms with Gasteiger partial charge in [0.05, 0.1) is 6.61 Å². The third-order valence-corrected chi connectivity index (χ3v) is 3.54. The SMILES string of the molecule is CCCOc1ccc(C=C2N=C(c3cccc(C)c3)OC2=O)cc1. The number of hydrogen-bond donors (Lipinski definition) is 0. The van der Waals surface area contributed by atoms with Gasteiger partial charge in [-0.25, -0.2) is 9.79 Å². The van der Waals surface area contributed by atoms with E-state index in [0.29, 0.717) is 18.2 Å². The second kappa shape index (κ2) is 7.13. The first-order valence-corrected chi connectivity index (χ1v) is 7.98. The van der Waals surface area contributed by atoms with Crippen LogP contribution in [0.2, 0.25) is 0 Å². The molecule has 0 saturated heterocycles. The molecule has 1 aliphatic heterocycles. The van der Waals surface area contributed by atoms with Crippen molar-refractivity contribution in [3.8, 4) is 5.75 Å². The molecular weight excluding hydrogens is 302 g/mol. The second-order valence-corrected chi connectivity index (χ2v) is 5.62. The van der Waals surface area contributed by atoms with Crippen LogP contribution in [0.25, 0.3) is 6.08 Å². The molecule has 4 heteroatoms. The average Bonchev–Trinajstić information content (AvgIpc) is 2.95. The number of cyclic esters (lactones) is 1. The fraction of sp³-hybridized carbons (Fsp3) is 0.200. The number of carbonyl (C=O) groups excluding carboxylic acids is 1. The number of nitrogens with zero attached hydrogens (tertiary/aromatic N) is 1. The van der Waals surface area contributed by atoms with Crippen LogP contribution in [0.15, 0.2) is 59.2 Å². The summed E-state index contributed by atoms with van der Waals surface area (Å²) >= 11 is 0. The number of ether oxygens (including phenoxy) is 2. The van der Waals surface area contributed by atoms with Crippen molar-refractivity contribution in [3.05, 3.63) is 70.9 Å². The molecule has 2 aromatic rings. The topological polar surface area (TPSA) is 47.9 Å². The van der Waals surface area contributed by atoms with Crippen LogP contribution in [-0.4, -0.2) is 18.5 Å². The molecule has 122 valence electrons. The zero-order valence-corrected chi connectivity index (χ0v) is 13.8. The van der Waals surface area contributed by atoms with Crippen molar-refractivity contribution in [1.82, 2.24) is 0 Å². The van der Waals surface area contributed by atoms with Crippen LogP contribution in [-0.2, 0) is 9.53 Å². The normalized spacial score (nSPS) is 15.3. The number of aliphatic imine (C=N–C) groups is 1. The summed E-state index contributed by atoms with van der Waals surface area (Å²) in [5.41, 5.74) is 3.06. The lowest BCUT2D eigenvalue weighted by atomic mass is 10.1. The average molecular weight is 321 g/mol. The Bertz CT molecular complexity index is 804. The Balaban J connectivity index is 1.80. The van der Waals surface area contributed by atoms with Crippen LogP contribution in [0.5, 0.6) is 5.75 Å². The van der Waals surface area contributed by atoms with Crippen molar-refractivity contribution >= 4 is 17.9 Å². The highest BCUT2D eigenvalue weighted by Crippen LogP contribution is 2.21. The van der Waals surface area contributed by atoms with Gasteiger partial charge in [0.25, 0.3) is 0 Å². The van der Waals surface area contributed by atoms with Crippen molar-refractivity contribution in [2.75, 3.05) is 6.61 Å². The lowest BCUT2D eigenvalue weighted by Gasteiger charge is -2.04. The van der Waals surface area contributed by atoms with E-state index >= 15 is 0 Å². The monoisotopic (exact) mass is 321 g/mol. The van der Waals surface area contributed by atoms with Gasteiger partial charge in [0.2, 0.25) is 5.90 Å². The maximum absolute atomic E-state index is 12.0. The van der Waals surface area contributed by atoms with Gasteiger partial charge in [0.15, 0.2) is 5.70 Å². The van der Waals surface area contributed by atoms with E-state index in [2.05, 4.69) is 11.9 Å². The number of aryl methyl sites for hydroxylation is 1. The van der Waals surface area contributed by atoms with Gasteiger partial charge >= 0.3 is 5.97 Å². The summed E-state index contributed by atoms with van der Waals surface area (Å²) in [6, 6.07) is 15.3. The van der Waals surface area contributed by atoms with Gasteiger partial charge in [-0.15, -0.1) is 0 Å². The van der Waals surface area contributed by atoms with Crippen LogP contribution in [0.4, 0.5) is 0 Å². The molecule has 0 atom stereocenters. The van der Waals surface area contributed by atoms with E-state index in [-0.39, 0.29) is 0 Å². The molecule has 0 bridgehead atoms. The standard InChI is InChI=1S/C20H19NO3/c1-3-11-23-17-9-7-15(8-10-17)13-18-20(22)24-19(21-18)16-6-4-5-14(2)12-16/h4-10,12-13H,3,11H2,1-2H3. The summed E-state index contributed by atoms with van der Waals surface area (Å²) in [6.45, 7) is 4.74. The lowest BCUT2D eigenvalue weighted by Crippen LogP contribution is -2.05. The molecule has 2 aromatic carbocycles. The van der Waals surface area contributed by atoms with E-state index < -0.39 is 5.97 Å².